The highest BCUT2D eigenvalue weighted by Crippen LogP contribution is 2.24. The molecule has 144 valence electrons. The number of likely N-dealkylation sites (tertiary alicyclic amines) is 1. The van der Waals surface area contributed by atoms with E-state index in [0.29, 0.717) is 5.56 Å². The van der Waals surface area contributed by atoms with Gasteiger partial charge in [0.25, 0.3) is 11.8 Å². The zero-order valence-corrected chi connectivity index (χ0v) is 14.6. The van der Waals surface area contributed by atoms with Crippen molar-refractivity contribution in [3.8, 4) is 11.1 Å². The van der Waals surface area contributed by atoms with Gasteiger partial charge in [-0.05, 0) is 35.2 Å². The molecule has 1 aliphatic rings. The lowest BCUT2D eigenvalue weighted by Gasteiger charge is -2.22. The summed E-state index contributed by atoms with van der Waals surface area (Å²) in [6, 6.07) is 14.5. The summed E-state index contributed by atoms with van der Waals surface area (Å²) in [7, 11) is 0. The molecule has 0 saturated carbocycles. The number of hydrogen-bond donors (Lipinski definition) is 3. The van der Waals surface area contributed by atoms with Crippen molar-refractivity contribution in [3.05, 3.63) is 59.7 Å². The van der Waals surface area contributed by atoms with Crippen LogP contribution in [0.4, 0.5) is 0 Å². The van der Waals surface area contributed by atoms with Gasteiger partial charge in [0.15, 0.2) is 0 Å². The lowest BCUT2D eigenvalue weighted by molar-refractivity contribution is -0.133. The van der Waals surface area contributed by atoms with E-state index in [1.165, 1.54) is 10.5 Å². The van der Waals surface area contributed by atoms with Crippen LogP contribution in [0.3, 0.4) is 0 Å². The lowest BCUT2D eigenvalue weighted by atomic mass is 10.0. The Bertz CT molecular complexity index is 787. The van der Waals surface area contributed by atoms with E-state index >= 15 is 0 Å². The van der Waals surface area contributed by atoms with Crippen molar-refractivity contribution in [2.75, 3.05) is 6.54 Å². The summed E-state index contributed by atoms with van der Waals surface area (Å²) < 4.78 is 0. The van der Waals surface area contributed by atoms with Crippen molar-refractivity contribution in [3.63, 3.8) is 0 Å². The topological polar surface area (TPSA) is 89.9 Å². The maximum atomic E-state index is 12.7. The quantitative estimate of drug-likeness (QED) is 0.570. The molecule has 0 spiro atoms. The zero-order chi connectivity index (χ0) is 18.7. The Labute approximate surface area is 159 Å². The van der Waals surface area contributed by atoms with Crippen LogP contribution in [0.2, 0.25) is 0 Å². The Balaban J connectivity index is 0.00000261. The molecule has 6 heteroatoms. The number of carbonyl (C=O) groups is 2. The summed E-state index contributed by atoms with van der Waals surface area (Å²) >= 11 is 0. The minimum atomic E-state index is -0.872. The summed E-state index contributed by atoms with van der Waals surface area (Å²) in [5, 5.41) is 18.6. The summed E-state index contributed by atoms with van der Waals surface area (Å²) in [6.45, 7) is 2.17. The smallest absolute Gasteiger partial charge is 0.266 e. The molecule has 1 saturated heterocycles. The SMILES string of the molecule is C.CCc1ccc(-c2ccc(C(=O)N3CC(O)CC3C(=O)NO)cc2)cc1. The number of amides is 2. The maximum Gasteiger partial charge on any atom is 0.266 e. The van der Waals surface area contributed by atoms with Gasteiger partial charge in [0, 0.05) is 18.5 Å². The van der Waals surface area contributed by atoms with E-state index in [9.17, 15) is 14.7 Å². The molecule has 2 atom stereocenters. The molecule has 0 aliphatic carbocycles. The van der Waals surface area contributed by atoms with Gasteiger partial charge in [0.2, 0.25) is 0 Å². The molecule has 0 bridgehead atoms. The van der Waals surface area contributed by atoms with Crippen molar-refractivity contribution in [1.82, 2.24) is 10.4 Å². The summed E-state index contributed by atoms with van der Waals surface area (Å²) in [4.78, 5) is 25.7. The van der Waals surface area contributed by atoms with Gasteiger partial charge in [0.05, 0.1) is 6.10 Å². The highest BCUT2D eigenvalue weighted by molar-refractivity contribution is 5.98. The average Bonchev–Trinajstić information content (AvgIpc) is 3.08. The zero-order valence-electron chi connectivity index (χ0n) is 14.6. The van der Waals surface area contributed by atoms with Gasteiger partial charge >= 0.3 is 0 Å². The molecule has 2 aromatic carbocycles. The number of nitrogens with one attached hydrogen (secondary N) is 1. The molecule has 2 aromatic rings. The van der Waals surface area contributed by atoms with Gasteiger partial charge in [0.1, 0.15) is 6.04 Å². The van der Waals surface area contributed by atoms with E-state index in [0.717, 1.165) is 17.5 Å². The Morgan fingerprint density at radius 1 is 1.07 bits per heavy atom. The molecule has 3 N–H and O–H groups in total. The molecular weight excluding hydrogens is 344 g/mol. The normalized spacial score (nSPS) is 18.7. The van der Waals surface area contributed by atoms with Gasteiger partial charge in [-0.1, -0.05) is 50.7 Å². The largest absolute Gasteiger partial charge is 0.391 e. The van der Waals surface area contributed by atoms with Crippen LogP contribution in [-0.2, 0) is 11.2 Å². The van der Waals surface area contributed by atoms with Gasteiger partial charge in [-0.25, -0.2) is 5.48 Å². The molecule has 0 radical (unpaired) electrons. The van der Waals surface area contributed by atoms with Crippen molar-refractivity contribution in [2.45, 2.75) is 39.3 Å². The summed E-state index contributed by atoms with van der Waals surface area (Å²) in [6.07, 6.45) is 0.315. The van der Waals surface area contributed by atoms with E-state index < -0.39 is 18.1 Å². The summed E-state index contributed by atoms with van der Waals surface area (Å²) in [5.74, 6) is -1.04. The van der Waals surface area contributed by atoms with Crippen LogP contribution in [0.5, 0.6) is 0 Å². The van der Waals surface area contributed by atoms with Crippen molar-refractivity contribution < 1.29 is 19.9 Å². The van der Waals surface area contributed by atoms with Crippen molar-refractivity contribution in [2.24, 2.45) is 0 Å². The molecule has 2 amide bonds. The highest BCUT2D eigenvalue weighted by atomic mass is 16.5. The molecule has 3 rings (SSSR count). The Kier molecular flexibility index (Phi) is 6.71. The van der Waals surface area contributed by atoms with Gasteiger partial charge in [-0.2, -0.15) is 0 Å². The maximum absolute atomic E-state index is 12.7. The first-order valence-electron chi connectivity index (χ1n) is 8.65. The third-order valence-corrected chi connectivity index (χ3v) is 4.78. The second kappa shape index (κ2) is 8.79. The fraction of sp³-hybridized carbons (Fsp3) is 0.333. The number of nitrogens with zero attached hydrogens (tertiary/aromatic N) is 1. The predicted octanol–water partition coefficient (Wildman–Crippen LogP) is 2.63. The molecular formula is C21H26N2O4. The number of aliphatic hydroxyl groups excluding tert-OH is 1. The van der Waals surface area contributed by atoms with Crippen LogP contribution in [0.1, 0.15) is 36.7 Å². The third-order valence-electron chi connectivity index (χ3n) is 4.78. The van der Waals surface area contributed by atoms with E-state index in [1.54, 1.807) is 17.6 Å². The minimum absolute atomic E-state index is 0. The first kappa shape index (κ1) is 20.6. The Hall–Kier alpha value is -2.70. The van der Waals surface area contributed by atoms with Crippen LogP contribution in [-0.4, -0.2) is 45.7 Å². The standard InChI is InChI=1S/C20H22N2O4.CH4/c1-2-13-3-5-14(6-4-13)15-7-9-16(10-8-15)20(25)22-12-17(23)11-18(22)19(24)21-26;/h3-10,17-18,23,26H,2,11-12H2,1H3,(H,21,24);1H4. The fourth-order valence-electron chi connectivity index (χ4n) is 3.27. The molecule has 1 aliphatic heterocycles. The van der Waals surface area contributed by atoms with Crippen LogP contribution in [0, 0.1) is 0 Å². The third kappa shape index (κ3) is 4.35. The number of aliphatic hydroxyl groups is 1. The number of hydrogen-bond acceptors (Lipinski definition) is 4. The molecule has 2 unspecified atom stereocenters. The number of hydroxylamine groups is 1. The number of β-amino-alcohol motifs (C(OH)–C–C–N with tert-alkyl or cyclic N) is 1. The number of benzene rings is 2. The van der Waals surface area contributed by atoms with Crippen LogP contribution in [0.25, 0.3) is 11.1 Å². The van der Waals surface area contributed by atoms with Crippen LogP contribution in [0.15, 0.2) is 48.5 Å². The number of aryl methyl sites for hydroxylation is 1. The van der Waals surface area contributed by atoms with E-state index in [1.807, 2.05) is 24.3 Å². The molecule has 0 aromatic heterocycles. The predicted molar refractivity (Wildman–Crippen MR) is 103 cm³/mol. The monoisotopic (exact) mass is 370 g/mol. The Morgan fingerprint density at radius 2 is 1.63 bits per heavy atom. The highest BCUT2D eigenvalue weighted by Gasteiger charge is 2.39. The first-order chi connectivity index (χ1) is 12.5. The van der Waals surface area contributed by atoms with E-state index in [4.69, 9.17) is 5.21 Å². The van der Waals surface area contributed by atoms with Crippen LogP contribution >= 0.6 is 0 Å². The van der Waals surface area contributed by atoms with Gasteiger partial charge in [-0.15, -0.1) is 0 Å². The Morgan fingerprint density at radius 3 is 2.15 bits per heavy atom. The van der Waals surface area contributed by atoms with Gasteiger partial charge in [-0.3, -0.25) is 14.8 Å². The van der Waals surface area contributed by atoms with E-state index in [-0.39, 0.29) is 26.3 Å². The second-order valence-electron chi connectivity index (χ2n) is 6.47. The number of carbonyl (C=O) groups excluding carboxylic acids is 2. The average molecular weight is 370 g/mol. The molecule has 27 heavy (non-hydrogen) atoms. The number of rotatable bonds is 4. The van der Waals surface area contributed by atoms with Gasteiger partial charge < -0.3 is 10.0 Å². The van der Waals surface area contributed by atoms with Crippen LogP contribution < -0.4 is 5.48 Å². The molecule has 6 nitrogen and oxygen atoms in total. The van der Waals surface area contributed by atoms with Crippen molar-refractivity contribution >= 4 is 11.8 Å². The first-order valence-corrected chi connectivity index (χ1v) is 8.65. The molecule has 1 fully saturated rings. The van der Waals surface area contributed by atoms with E-state index in [2.05, 4.69) is 19.1 Å². The second-order valence-corrected chi connectivity index (χ2v) is 6.47. The minimum Gasteiger partial charge on any atom is -0.391 e. The fourth-order valence-corrected chi connectivity index (χ4v) is 3.27. The van der Waals surface area contributed by atoms with Crippen molar-refractivity contribution in [1.29, 1.82) is 0 Å². The molecule has 1 heterocycles. The lowest BCUT2D eigenvalue weighted by Crippen LogP contribution is -2.45. The summed E-state index contributed by atoms with van der Waals surface area (Å²) in [5.41, 5.74) is 5.32.